The Hall–Kier alpha value is -0.0400. The van der Waals surface area contributed by atoms with Crippen LogP contribution in [0.4, 0.5) is 0 Å². The lowest BCUT2D eigenvalue weighted by Crippen LogP contribution is -4.24. The predicted molar refractivity (Wildman–Crippen MR) is 26.8 cm³/mol. The molecule has 0 aromatic carbocycles. The van der Waals surface area contributed by atoms with Crippen LogP contribution in [0.5, 0.6) is 0 Å². The van der Waals surface area contributed by atoms with Crippen LogP contribution in [0.2, 0.25) is 0 Å². The molecule has 0 saturated carbocycles. The zero-order valence-corrected chi connectivity index (χ0v) is 8.66. The van der Waals surface area contributed by atoms with Crippen molar-refractivity contribution in [1.82, 2.24) is 0 Å². The summed E-state index contributed by atoms with van der Waals surface area (Å²) in [5.74, 6) is -1.33. The summed E-state index contributed by atoms with van der Waals surface area (Å²) in [7, 11) is 0. The first-order valence-corrected chi connectivity index (χ1v) is 6.51. The number of aliphatic hydroxyl groups excluding tert-OH is 1. The van der Waals surface area contributed by atoms with E-state index in [4.69, 9.17) is 10.8 Å². The van der Waals surface area contributed by atoms with Gasteiger partial charge in [-0.2, -0.15) is 4.89 Å². The van der Waals surface area contributed by atoms with Gasteiger partial charge in [-0.25, -0.2) is 4.79 Å². The predicted octanol–water partition coefficient (Wildman–Crippen LogP) is -7.93. The molecule has 0 saturated heterocycles. The van der Waals surface area contributed by atoms with Crippen molar-refractivity contribution in [3.63, 3.8) is 0 Å². The first-order chi connectivity index (χ1) is 5.74. The maximum atomic E-state index is 10.6. The number of rotatable bonds is 4. The minimum Gasteiger partial charge on any atom is -0.391 e. The van der Waals surface area contributed by atoms with E-state index in [0.29, 0.717) is 0 Å². The van der Waals surface area contributed by atoms with E-state index in [1.165, 1.54) is 6.92 Å². The Balaban J connectivity index is 3.89. The van der Waals surface area contributed by atoms with Crippen LogP contribution in [0.15, 0.2) is 0 Å². The standard InChI is InChI=1S/C4H8INO7/c1-2(7)3(6)4(8)12-13-5(9,10)11/h2-3,7H,6H2,1H3. The fourth-order valence-corrected chi connectivity index (χ4v) is 0.720. The Morgan fingerprint density at radius 2 is 2.00 bits per heavy atom. The third-order valence-corrected chi connectivity index (χ3v) is 1.60. The molecule has 0 radical (unpaired) electrons. The van der Waals surface area contributed by atoms with Crippen molar-refractivity contribution in [3.05, 3.63) is 0 Å². The van der Waals surface area contributed by atoms with Gasteiger partial charge in [0, 0.05) is 0 Å². The molecule has 13 heavy (non-hydrogen) atoms. The summed E-state index contributed by atoms with van der Waals surface area (Å²) in [6.07, 6.45) is -1.23. The summed E-state index contributed by atoms with van der Waals surface area (Å²) < 4.78 is 32.8. The van der Waals surface area contributed by atoms with Gasteiger partial charge in [0.2, 0.25) is 0 Å². The SMILES string of the molecule is CC(O)C(N)C(=O)OO[I+3]([O-])([O-])[O-]. The molecule has 0 spiro atoms. The molecule has 0 aliphatic carbocycles. The molecule has 0 rings (SSSR count). The summed E-state index contributed by atoms with van der Waals surface area (Å²) in [5, 5.41) is 8.72. The monoisotopic (exact) mass is 309 g/mol. The number of nitrogens with two attached hydrogens (primary N) is 1. The molecule has 78 valence electrons. The molecule has 0 aliphatic rings. The molecule has 2 unspecified atom stereocenters. The van der Waals surface area contributed by atoms with Gasteiger partial charge in [0.05, 0.1) is 6.10 Å². The van der Waals surface area contributed by atoms with Crippen molar-refractivity contribution >= 4 is 5.97 Å². The fraction of sp³-hybridized carbons (Fsp3) is 0.750. The second-order valence-corrected chi connectivity index (χ2v) is 4.63. The van der Waals surface area contributed by atoms with Gasteiger partial charge in [0.15, 0.2) is 0 Å². The number of hydrogen-bond acceptors (Lipinski definition) is 8. The van der Waals surface area contributed by atoms with E-state index in [9.17, 15) is 15.1 Å². The lowest BCUT2D eigenvalue weighted by molar-refractivity contribution is -1.93. The second-order valence-electron chi connectivity index (χ2n) is 2.11. The van der Waals surface area contributed by atoms with Crippen LogP contribution in [-0.2, 0) is 12.9 Å². The van der Waals surface area contributed by atoms with E-state index in [0.717, 1.165) is 0 Å². The molecule has 0 heterocycles. The molecule has 9 heteroatoms. The normalized spacial score (nSPS) is 16.5. The molecule has 8 nitrogen and oxygen atoms in total. The Kier molecular flexibility index (Phi) is 4.98. The van der Waals surface area contributed by atoms with Crippen LogP contribution in [0.1, 0.15) is 6.92 Å². The Morgan fingerprint density at radius 3 is 2.31 bits per heavy atom. The smallest absolute Gasteiger partial charge is 0.391 e. The summed E-state index contributed by atoms with van der Waals surface area (Å²) in [4.78, 5) is 14.2. The molecule has 2 atom stereocenters. The van der Waals surface area contributed by atoms with Crippen molar-refractivity contribution in [2.45, 2.75) is 19.1 Å². The van der Waals surface area contributed by atoms with Crippen LogP contribution in [0, 0.1) is 0 Å². The van der Waals surface area contributed by atoms with Crippen LogP contribution in [0.25, 0.3) is 0 Å². The van der Waals surface area contributed by atoms with Crippen molar-refractivity contribution < 1.29 is 48.4 Å². The minimum atomic E-state index is -6.02. The maximum absolute atomic E-state index is 10.6. The molecular weight excluding hydrogens is 301 g/mol. The molecule has 0 amide bonds. The van der Waals surface area contributed by atoms with E-state index in [-0.39, 0.29) is 0 Å². The van der Waals surface area contributed by atoms with Crippen molar-refractivity contribution in [2.24, 2.45) is 5.73 Å². The Bertz CT molecular complexity index is 178. The zero-order valence-electron chi connectivity index (χ0n) is 6.51. The highest BCUT2D eigenvalue weighted by atomic mass is 127. The lowest BCUT2D eigenvalue weighted by atomic mass is 10.2. The number of halogens is 1. The zero-order chi connectivity index (χ0) is 10.6. The van der Waals surface area contributed by atoms with E-state index in [1.807, 2.05) is 0 Å². The molecule has 0 bridgehead atoms. The van der Waals surface area contributed by atoms with Gasteiger partial charge in [0.25, 0.3) is 3.22 Å². The Morgan fingerprint density at radius 1 is 1.54 bits per heavy atom. The first-order valence-electron chi connectivity index (χ1n) is 2.98. The molecule has 0 fully saturated rings. The van der Waals surface area contributed by atoms with Crippen LogP contribution >= 0.6 is 0 Å². The highest BCUT2D eigenvalue weighted by molar-refractivity contribution is 5.75. The van der Waals surface area contributed by atoms with Gasteiger partial charge >= 0.3 is 26.1 Å². The highest BCUT2D eigenvalue weighted by Crippen LogP contribution is 1.90. The number of aliphatic hydroxyl groups is 1. The molecule has 0 aromatic heterocycles. The average molecular weight is 309 g/mol. The van der Waals surface area contributed by atoms with Crippen LogP contribution < -0.4 is 36.1 Å². The summed E-state index contributed by atoms with van der Waals surface area (Å²) >= 11 is -6.02. The van der Waals surface area contributed by atoms with Gasteiger partial charge < -0.3 is 10.8 Å². The molecule has 0 aliphatic heterocycles. The van der Waals surface area contributed by atoms with Crippen LogP contribution in [-0.4, -0.2) is 23.2 Å². The third-order valence-electron chi connectivity index (χ3n) is 0.983. The van der Waals surface area contributed by atoms with Gasteiger partial charge in [0.1, 0.15) is 6.04 Å². The van der Waals surface area contributed by atoms with E-state index >= 15 is 0 Å². The molecule has 3 N–H and O–H groups in total. The summed E-state index contributed by atoms with van der Waals surface area (Å²) in [6.45, 7) is 1.19. The minimum absolute atomic E-state index is 1.19. The number of carbonyl (C=O) groups excluding carboxylic acids is 1. The van der Waals surface area contributed by atoms with Crippen molar-refractivity contribution in [1.29, 1.82) is 0 Å². The van der Waals surface area contributed by atoms with Crippen molar-refractivity contribution in [3.8, 4) is 0 Å². The third kappa shape index (κ3) is 6.09. The van der Waals surface area contributed by atoms with E-state index in [1.54, 1.807) is 0 Å². The quantitative estimate of drug-likeness (QED) is 0.295. The Labute approximate surface area is 79.5 Å². The highest BCUT2D eigenvalue weighted by Gasteiger charge is 2.34. The van der Waals surface area contributed by atoms with Gasteiger partial charge in [-0.3, -0.25) is 10.3 Å². The van der Waals surface area contributed by atoms with Crippen molar-refractivity contribution in [2.75, 3.05) is 0 Å². The molecule has 0 aromatic rings. The summed E-state index contributed by atoms with van der Waals surface area (Å²) in [6, 6.07) is -1.46. The van der Waals surface area contributed by atoms with E-state index < -0.39 is 38.2 Å². The van der Waals surface area contributed by atoms with Crippen LogP contribution in [0.3, 0.4) is 0 Å². The number of carbonyl (C=O) groups is 1. The number of hydrogen-bond donors (Lipinski definition) is 2. The molecular formula is C4H8INO7. The fourth-order valence-electron chi connectivity index (χ4n) is 0.322. The van der Waals surface area contributed by atoms with E-state index in [2.05, 4.69) is 8.10 Å². The average Bonchev–Trinajstić information content (AvgIpc) is 1.97. The maximum Gasteiger partial charge on any atom is 0.438 e. The summed E-state index contributed by atoms with van der Waals surface area (Å²) in [5.41, 5.74) is 5.00. The lowest BCUT2D eigenvalue weighted by Gasteiger charge is -2.10. The van der Waals surface area contributed by atoms with Gasteiger partial charge in [-0.1, -0.05) is 0 Å². The van der Waals surface area contributed by atoms with Gasteiger partial charge in [-0.15, -0.1) is 0 Å². The second kappa shape index (κ2) is 4.99. The largest absolute Gasteiger partial charge is 0.438 e. The first kappa shape index (κ1) is 13.0. The topological polar surface area (TPSA) is 151 Å². The van der Waals surface area contributed by atoms with Gasteiger partial charge in [-0.05, 0) is 6.92 Å².